The van der Waals surface area contributed by atoms with Crippen LogP contribution in [0, 0.1) is 0 Å². The molecule has 4 rings (SSSR count). The van der Waals surface area contributed by atoms with Crippen molar-refractivity contribution in [2.75, 3.05) is 42.9 Å². The standard InChI is InChI=1S/C19H21N7O/c27-18(26-13-11-25(12-14-26)17-3-1-2-7-22-17)6-8-21-16-5-4-15-19(24-16)23-10-9-20-15/h1-5,7,9-10H,6,8,11-14H2,(H,21,23,24). The predicted molar refractivity (Wildman–Crippen MR) is 103 cm³/mol. The molecular formula is C19H21N7O. The summed E-state index contributed by atoms with van der Waals surface area (Å²) in [5, 5.41) is 3.19. The number of carbonyl (C=O) groups excluding carboxylic acids is 1. The lowest BCUT2D eigenvalue weighted by Gasteiger charge is -2.35. The Kier molecular flexibility index (Phi) is 5.04. The van der Waals surface area contributed by atoms with E-state index in [2.05, 4.69) is 30.2 Å². The average molecular weight is 363 g/mol. The van der Waals surface area contributed by atoms with Gasteiger partial charge in [0.05, 0.1) is 0 Å². The molecule has 1 fully saturated rings. The van der Waals surface area contributed by atoms with Crippen LogP contribution in [0.4, 0.5) is 11.6 Å². The van der Waals surface area contributed by atoms with Crippen LogP contribution >= 0.6 is 0 Å². The van der Waals surface area contributed by atoms with Crippen molar-refractivity contribution >= 4 is 28.7 Å². The van der Waals surface area contributed by atoms with Gasteiger partial charge in [0.25, 0.3) is 0 Å². The van der Waals surface area contributed by atoms with Crippen LogP contribution in [-0.4, -0.2) is 63.5 Å². The maximum Gasteiger partial charge on any atom is 0.224 e. The highest BCUT2D eigenvalue weighted by Crippen LogP contribution is 2.13. The SMILES string of the molecule is O=C(CCNc1ccc2nccnc2n1)N1CCN(c2ccccn2)CC1. The molecule has 0 radical (unpaired) electrons. The van der Waals surface area contributed by atoms with Gasteiger partial charge in [-0.2, -0.15) is 0 Å². The summed E-state index contributed by atoms with van der Waals surface area (Å²) >= 11 is 0. The third-order valence-electron chi connectivity index (χ3n) is 4.58. The Hall–Kier alpha value is -3.29. The highest BCUT2D eigenvalue weighted by molar-refractivity contribution is 5.77. The second-order valence-electron chi connectivity index (χ2n) is 6.33. The summed E-state index contributed by atoms with van der Waals surface area (Å²) in [6.07, 6.45) is 5.49. The van der Waals surface area contributed by atoms with Crippen LogP contribution < -0.4 is 10.2 Å². The van der Waals surface area contributed by atoms with Crippen LogP contribution in [0.3, 0.4) is 0 Å². The number of nitrogens with one attached hydrogen (secondary N) is 1. The molecule has 4 heterocycles. The van der Waals surface area contributed by atoms with E-state index in [0.717, 1.165) is 37.5 Å². The van der Waals surface area contributed by atoms with Gasteiger partial charge in [0, 0.05) is 57.7 Å². The number of hydrogen-bond acceptors (Lipinski definition) is 7. The van der Waals surface area contributed by atoms with E-state index in [-0.39, 0.29) is 5.91 Å². The van der Waals surface area contributed by atoms with Gasteiger partial charge in [-0.25, -0.2) is 15.0 Å². The van der Waals surface area contributed by atoms with E-state index in [9.17, 15) is 4.79 Å². The monoisotopic (exact) mass is 363 g/mol. The van der Waals surface area contributed by atoms with Crippen molar-refractivity contribution < 1.29 is 4.79 Å². The molecule has 3 aromatic rings. The zero-order valence-corrected chi connectivity index (χ0v) is 15.0. The summed E-state index contributed by atoms with van der Waals surface area (Å²) < 4.78 is 0. The first-order valence-corrected chi connectivity index (χ1v) is 9.05. The topological polar surface area (TPSA) is 87.1 Å². The molecule has 0 spiro atoms. The molecular weight excluding hydrogens is 342 g/mol. The first-order chi connectivity index (χ1) is 13.3. The van der Waals surface area contributed by atoms with E-state index < -0.39 is 0 Å². The predicted octanol–water partition coefficient (Wildman–Crippen LogP) is 1.57. The summed E-state index contributed by atoms with van der Waals surface area (Å²) in [5.74, 6) is 1.83. The maximum absolute atomic E-state index is 12.5. The van der Waals surface area contributed by atoms with Gasteiger partial charge >= 0.3 is 0 Å². The molecule has 27 heavy (non-hydrogen) atoms. The van der Waals surface area contributed by atoms with Crippen LogP contribution in [0.5, 0.6) is 0 Å². The van der Waals surface area contributed by atoms with Crippen LogP contribution in [0.15, 0.2) is 48.9 Å². The van der Waals surface area contributed by atoms with E-state index in [1.165, 1.54) is 0 Å². The highest BCUT2D eigenvalue weighted by Gasteiger charge is 2.21. The van der Waals surface area contributed by atoms with E-state index in [0.29, 0.717) is 24.4 Å². The lowest BCUT2D eigenvalue weighted by atomic mass is 10.2. The van der Waals surface area contributed by atoms with E-state index in [1.54, 1.807) is 18.6 Å². The zero-order valence-electron chi connectivity index (χ0n) is 15.0. The van der Waals surface area contributed by atoms with Gasteiger partial charge in [-0.15, -0.1) is 0 Å². The smallest absolute Gasteiger partial charge is 0.224 e. The number of nitrogens with zero attached hydrogens (tertiary/aromatic N) is 6. The second-order valence-corrected chi connectivity index (χ2v) is 6.33. The minimum atomic E-state index is 0.156. The van der Waals surface area contributed by atoms with Crippen LogP contribution in [0.1, 0.15) is 6.42 Å². The van der Waals surface area contributed by atoms with E-state index >= 15 is 0 Å². The number of pyridine rings is 2. The molecule has 0 aromatic carbocycles. The van der Waals surface area contributed by atoms with Crippen LogP contribution in [0.2, 0.25) is 0 Å². The number of piperazine rings is 1. The van der Waals surface area contributed by atoms with Gasteiger partial charge in [-0.3, -0.25) is 9.78 Å². The number of amides is 1. The number of anilines is 2. The molecule has 138 valence electrons. The number of rotatable bonds is 5. The Morgan fingerprint density at radius 3 is 2.63 bits per heavy atom. The van der Waals surface area contributed by atoms with Gasteiger partial charge in [-0.1, -0.05) is 6.07 Å². The highest BCUT2D eigenvalue weighted by atomic mass is 16.2. The van der Waals surface area contributed by atoms with Crippen molar-refractivity contribution in [3.63, 3.8) is 0 Å². The average Bonchev–Trinajstić information content (AvgIpc) is 2.74. The molecule has 0 unspecified atom stereocenters. The fourth-order valence-electron chi connectivity index (χ4n) is 3.13. The van der Waals surface area contributed by atoms with Gasteiger partial charge in [0.15, 0.2) is 5.65 Å². The van der Waals surface area contributed by atoms with Gasteiger partial charge in [0.2, 0.25) is 5.91 Å². The Balaban J connectivity index is 1.25. The molecule has 8 heteroatoms. The Labute approximate surface area is 157 Å². The lowest BCUT2D eigenvalue weighted by Crippen LogP contribution is -2.49. The van der Waals surface area contributed by atoms with Crippen molar-refractivity contribution in [1.82, 2.24) is 24.8 Å². The van der Waals surface area contributed by atoms with E-state index in [4.69, 9.17) is 0 Å². The minimum Gasteiger partial charge on any atom is -0.369 e. The molecule has 0 atom stereocenters. The molecule has 1 amide bonds. The van der Waals surface area contributed by atoms with Crippen LogP contribution in [0.25, 0.3) is 11.2 Å². The molecule has 3 aromatic heterocycles. The minimum absolute atomic E-state index is 0.156. The van der Waals surface area contributed by atoms with Crippen molar-refractivity contribution in [2.45, 2.75) is 6.42 Å². The molecule has 0 bridgehead atoms. The van der Waals surface area contributed by atoms with Crippen molar-refractivity contribution in [3.05, 3.63) is 48.9 Å². The lowest BCUT2D eigenvalue weighted by molar-refractivity contribution is -0.131. The zero-order chi connectivity index (χ0) is 18.5. The Morgan fingerprint density at radius 2 is 1.81 bits per heavy atom. The fourth-order valence-corrected chi connectivity index (χ4v) is 3.13. The van der Waals surface area contributed by atoms with Gasteiger partial charge in [0.1, 0.15) is 17.2 Å². The quantitative estimate of drug-likeness (QED) is 0.736. The number of fused-ring (bicyclic) bond motifs is 1. The van der Waals surface area contributed by atoms with Crippen molar-refractivity contribution in [1.29, 1.82) is 0 Å². The Bertz CT molecular complexity index is 910. The number of aromatic nitrogens is 4. The van der Waals surface area contributed by atoms with E-state index in [1.807, 2.05) is 35.2 Å². The molecule has 8 nitrogen and oxygen atoms in total. The van der Waals surface area contributed by atoms with Crippen molar-refractivity contribution in [3.8, 4) is 0 Å². The van der Waals surface area contributed by atoms with Gasteiger partial charge < -0.3 is 15.1 Å². The molecule has 1 aliphatic heterocycles. The maximum atomic E-state index is 12.5. The summed E-state index contributed by atoms with van der Waals surface area (Å²) in [5.41, 5.74) is 1.35. The summed E-state index contributed by atoms with van der Waals surface area (Å²) in [4.78, 5) is 33.7. The number of carbonyl (C=O) groups is 1. The van der Waals surface area contributed by atoms with Gasteiger partial charge in [-0.05, 0) is 24.3 Å². The molecule has 1 saturated heterocycles. The third-order valence-corrected chi connectivity index (χ3v) is 4.58. The third kappa shape index (κ3) is 4.11. The summed E-state index contributed by atoms with van der Waals surface area (Å²) in [6.45, 7) is 3.60. The molecule has 1 N–H and O–H groups in total. The summed E-state index contributed by atoms with van der Waals surface area (Å²) in [7, 11) is 0. The summed E-state index contributed by atoms with van der Waals surface area (Å²) in [6, 6.07) is 9.62. The Morgan fingerprint density at radius 1 is 0.963 bits per heavy atom. The second kappa shape index (κ2) is 7.94. The molecule has 0 aliphatic carbocycles. The fraction of sp³-hybridized carbons (Fsp3) is 0.316. The number of hydrogen-bond donors (Lipinski definition) is 1. The molecule has 1 aliphatic rings. The first-order valence-electron chi connectivity index (χ1n) is 9.05. The normalized spacial score (nSPS) is 14.4. The van der Waals surface area contributed by atoms with Crippen LogP contribution in [-0.2, 0) is 4.79 Å². The molecule has 0 saturated carbocycles. The first kappa shape index (κ1) is 17.1. The largest absolute Gasteiger partial charge is 0.369 e. The van der Waals surface area contributed by atoms with Crippen molar-refractivity contribution in [2.24, 2.45) is 0 Å².